The number of hydrogen-bond donors (Lipinski definition) is 2. The zero-order chi connectivity index (χ0) is 24.3. The molecule has 4 rings (SSSR count). The number of anilines is 2. The number of imidazole rings is 1. The van der Waals surface area contributed by atoms with E-state index in [1.54, 1.807) is 10.6 Å². The van der Waals surface area contributed by atoms with Crippen LogP contribution in [0.1, 0.15) is 27.2 Å². The van der Waals surface area contributed by atoms with Crippen LogP contribution in [0, 0.1) is 5.92 Å². The Morgan fingerprint density at radius 1 is 1.06 bits per heavy atom. The van der Waals surface area contributed by atoms with Gasteiger partial charge in [0, 0.05) is 12.6 Å². The number of nitrogens with one attached hydrogen (secondary N) is 2. The maximum Gasteiger partial charge on any atom is 0.270 e. The van der Waals surface area contributed by atoms with Crippen LogP contribution in [0.5, 0.6) is 0 Å². The average molecular weight is 480 g/mol. The van der Waals surface area contributed by atoms with Crippen LogP contribution in [-0.2, 0) is 21.4 Å². The average Bonchev–Trinajstić information content (AvgIpc) is 3.26. The maximum absolute atomic E-state index is 13.2. The molecule has 0 saturated carbocycles. The van der Waals surface area contributed by atoms with Gasteiger partial charge < -0.3 is 5.32 Å². The van der Waals surface area contributed by atoms with Gasteiger partial charge in [0.05, 0.1) is 22.5 Å². The molecular formula is C24H27N6O3S+. The molecule has 34 heavy (non-hydrogen) atoms. The summed E-state index contributed by atoms with van der Waals surface area (Å²) in [5.74, 6) is 0.828. The van der Waals surface area contributed by atoms with Crippen molar-refractivity contribution in [2.75, 3.05) is 10.0 Å². The molecule has 1 amide bonds. The predicted octanol–water partition coefficient (Wildman–Crippen LogP) is 3.51. The molecule has 0 aliphatic heterocycles. The number of aryl methyl sites for hydroxylation is 1. The second-order valence-corrected chi connectivity index (χ2v) is 10.1. The molecule has 0 saturated heterocycles. The van der Waals surface area contributed by atoms with E-state index in [4.69, 9.17) is 4.98 Å². The van der Waals surface area contributed by atoms with Crippen LogP contribution in [0.15, 0.2) is 72.1 Å². The molecular weight excluding hydrogens is 452 g/mol. The van der Waals surface area contributed by atoms with Crippen molar-refractivity contribution < 1.29 is 17.8 Å². The monoisotopic (exact) mass is 479 g/mol. The molecule has 2 heterocycles. The second-order valence-electron chi connectivity index (χ2n) is 8.44. The van der Waals surface area contributed by atoms with Crippen LogP contribution in [0.3, 0.4) is 0 Å². The third-order valence-corrected chi connectivity index (χ3v) is 6.52. The summed E-state index contributed by atoms with van der Waals surface area (Å²) in [5.41, 5.74) is 1.74. The first-order valence-electron chi connectivity index (χ1n) is 11.0. The summed E-state index contributed by atoms with van der Waals surface area (Å²) in [6, 6.07) is 13.2. The Morgan fingerprint density at radius 3 is 2.38 bits per heavy atom. The topological polar surface area (TPSA) is 110 Å². The number of nitrogens with zero attached hydrogens (tertiary/aromatic N) is 4. The number of aromatic nitrogens is 4. The highest BCUT2D eigenvalue weighted by atomic mass is 32.2. The normalized spacial score (nSPS) is 11.6. The first-order chi connectivity index (χ1) is 16.2. The van der Waals surface area contributed by atoms with E-state index < -0.39 is 10.0 Å². The van der Waals surface area contributed by atoms with Crippen LogP contribution >= 0.6 is 0 Å². The number of para-hydroxylation sites is 2. The van der Waals surface area contributed by atoms with Gasteiger partial charge in [-0.1, -0.05) is 26.0 Å². The first-order valence-corrected chi connectivity index (χ1v) is 12.4. The number of fused-ring (bicyclic) bond motifs is 1. The number of sulfonamides is 1. The molecule has 0 fully saturated rings. The summed E-state index contributed by atoms with van der Waals surface area (Å²) in [5, 5.41) is 2.62. The van der Waals surface area contributed by atoms with Crippen molar-refractivity contribution >= 4 is 38.5 Å². The molecule has 0 bridgehead atoms. The number of benzene rings is 2. The minimum absolute atomic E-state index is 0.0435. The van der Waals surface area contributed by atoms with Crippen molar-refractivity contribution in [1.29, 1.82) is 0 Å². The minimum atomic E-state index is -3.96. The molecule has 2 aromatic heterocycles. The van der Waals surface area contributed by atoms with Crippen LogP contribution in [0.25, 0.3) is 16.9 Å². The molecule has 0 spiro atoms. The van der Waals surface area contributed by atoms with Gasteiger partial charge in [-0.05, 0) is 48.7 Å². The molecule has 0 aliphatic carbocycles. The predicted molar refractivity (Wildman–Crippen MR) is 130 cm³/mol. The van der Waals surface area contributed by atoms with Gasteiger partial charge in [0.25, 0.3) is 15.8 Å². The molecule has 9 nitrogen and oxygen atoms in total. The summed E-state index contributed by atoms with van der Waals surface area (Å²) >= 11 is 0. The van der Waals surface area contributed by atoms with Gasteiger partial charge in [0.1, 0.15) is 12.4 Å². The Kier molecular flexibility index (Phi) is 6.60. The van der Waals surface area contributed by atoms with Crippen molar-refractivity contribution in [1.82, 2.24) is 14.5 Å². The van der Waals surface area contributed by atoms with Crippen LogP contribution < -0.4 is 14.6 Å². The molecule has 10 heteroatoms. The number of rotatable bonds is 8. The highest BCUT2D eigenvalue weighted by Crippen LogP contribution is 2.24. The lowest BCUT2D eigenvalue weighted by Gasteiger charge is -2.11. The summed E-state index contributed by atoms with van der Waals surface area (Å²) < 4.78 is 32.7. The lowest BCUT2D eigenvalue weighted by atomic mass is 10.1. The molecule has 0 unspecified atom stereocenters. The Morgan fingerprint density at radius 2 is 1.74 bits per heavy atom. The lowest BCUT2D eigenvalue weighted by Crippen LogP contribution is -2.31. The summed E-state index contributed by atoms with van der Waals surface area (Å²) in [4.78, 5) is 20.5. The fourth-order valence-corrected chi connectivity index (χ4v) is 4.41. The van der Waals surface area contributed by atoms with Crippen molar-refractivity contribution in [3.05, 3.63) is 67.3 Å². The SMILES string of the molecule is CC(=O)Nc1ccc(S(=O)(=O)Nc2nc3ccccc3nc2-n2cc[n+](CCC(C)C)c2)cc1. The first kappa shape index (κ1) is 23.4. The Balaban J connectivity index is 1.70. The van der Waals surface area contributed by atoms with Gasteiger partial charge in [-0.2, -0.15) is 4.57 Å². The van der Waals surface area contributed by atoms with Gasteiger partial charge in [0.2, 0.25) is 18.1 Å². The molecule has 176 valence electrons. The number of carbonyl (C=O) groups excluding carboxylic acids is 1. The highest BCUT2D eigenvalue weighted by molar-refractivity contribution is 7.92. The van der Waals surface area contributed by atoms with E-state index in [9.17, 15) is 13.2 Å². The molecule has 2 N–H and O–H groups in total. The van der Waals surface area contributed by atoms with E-state index in [0.29, 0.717) is 28.5 Å². The lowest BCUT2D eigenvalue weighted by molar-refractivity contribution is -0.697. The third-order valence-electron chi connectivity index (χ3n) is 5.17. The largest absolute Gasteiger partial charge is 0.326 e. The van der Waals surface area contributed by atoms with E-state index in [1.165, 1.54) is 31.2 Å². The molecule has 0 radical (unpaired) electrons. The standard InChI is InChI=1S/C24H26N6O3S/c1-17(2)12-13-29-14-15-30(16-29)24-23(26-21-6-4-5-7-22(21)27-24)28-34(32,33)20-10-8-19(9-11-20)25-18(3)31/h4-11,14-17H,12-13H2,1-3H3,(H-,25,26,28,31)/p+1. The van der Waals surface area contributed by atoms with E-state index in [2.05, 4.69) is 28.9 Å². The van der Waals surface area contributed by atoms with E-state index in [-0.39, 0.29) is 16.6 Å². The summed E-state index contributed by atoms with van der Waals surface area (Å²) in [6.45, 7) is 6.57. The Hall–Kier alpha value is -3.79. The molecule has 0 aliphatic rings. The van der Waals surface area contributed by atoms with Crippen molar-refractivity contribution in [3.63, 3.8) is 0 Å². The van der Waals surface area contributed by atoms with E-state index in [0.717, 1.165) is 13.0 Å². The van der Waals surface area contributed by atoms with Crippen LogP contribution in [0.4, 0.5) is 11.5 Å². The number of amides is 1. The van der Waals surface area contributed by atoms with Gasteiger partial charge in [0.15, 0.2) is 0 Å². The summed E-state index contributed by atoms with van der Waals surface area (Å²) in [7, 11) is -3.96. The van der Waals surface area contributed by atoms with Crippen molar-refractivity contribution in [3.8, 4) is 5.82 Å². The van der Waals surface area contributed by atoms with Gasteiger partial charge >= 0.3 is 0 Å². The molecule has 2 aromatic carbocycles. The van der Waals surface area contributed by atoms with Crippen molar-refractivity contribution in [2.24, 2.45) is 5.92 Å². The van der Waals surface area contributed by atoms with E-state index >= 15 is 0 Å². The zero-order valence-electron chi connectivity index (χ0n) is 19.3. The minimum Gasteiger partial charge on any atom is -0.326 e. The van der Waals surface area contributed by atoms with Crippen molar-refractivity contribution in [2.45, 2.75) is 38.6 Å². The fourth-order valence-electron chi connectivity index (χ4n) is 3.41. The Bertz CT molecular complexity index is 1430. The van der Waals surface area contributed by atoms with Crippen LogP contribution in [0.2, 0.25) is 0 Å². The number of carbonyl (C=O) groups is 1. The van der Waals surface area contributed by atoms with Gasteiger partial charge in [-0.25, -0.2) is 23.0 Å². The summed E-state index contributed by atoms with van der Waals surface area (Å²) in [6.07, 6.45) is 6.66. The third kappa shape index (κ3) is 5.40. The maximum atomic E-state index is 13.2. The highest BCUT2D eigenvalue weighted by Gasteiger charge is 2.23. The number of hydrogen-bond acceptors (Lipinski definition) is 5. The Labute approximate surface area is 198 Å². The zero-order valence-corrected chi connectivity index (χ0v) is 20.1. The molecule has 4 aromatic rings. The van der Waals surface area contributed by atoms with Gasteiger partial charge in [-0.15, -0.1) is 0 Å². The fraction of sp³-hybridized carbons (Fsp3) is 0.250. The smallest absolute Gasteiger partial charge is 0.270 e. The van der Waals surface area contributed by atoms with E-state index in [1.807, 2.05) is 41.5 Å². The van der Waals surface area contributed by atoms with Crippen LogP contribution in [-0.4, -0.2) is 28.9 Å². The van der Waals surface area contributed by atoms with Gasteiger partial charge in [-0.3, -0.25) is 9.52 Å². The molecule has 0 atom stereocenters. The quantitative estimate of drug-likeness (QED) is 0.376. The second kappa shape index (κ2) is 9.60.